The minimum Gasteiger partial charge on any atom is -0.350 e. The van der Waals surface area contributed by atoms with Crippen molar-refractivity contribution in [2.75, 3.05) is 0 Å². The molecule has 1 amide bonds. The van der Waals surface area contributed by atoms with Crippen LogP contribution in [0.15, 0.2) is 54.7 Å². The van der Waals surface area contributed by atoms with Crippen LogP contribution in [0.5, 0.6) is 0 Å². The minimum atomic E-state index is -0.172. The molecule has 2 atom stereocenters. The van der Waals surface area contributed by atoms with Crippen LogP contribution in [0.4, 0.5) is 0 Å². The average molecular weight is 346 g/mol. The fourth-order valence-corrected chi connectivity index (χ4v) is 6.52. The molecule has 2 aromatic rings. The largest absolute Gasteiger partial charge is 0.350 e. The molecule has 1 aromatic carbocycles. The molecule has 1 aromatic heterocycles. The van der Waals surface area contributed by atoms with Crippen LogP contribution in [0, 0.1) is 17.3 Å². The van der Waals surface area contributed by atoms with Gasteiger partial charge >= 0.3 is 0 Å². The van der Waals surface area contributed by atoms with Gasteiger partial charge in [-0.25, -0.2) is 0 Å². The standard InChI is InChI=1S/C23H26N2O/c26-21(25-15-20-8-4-5-9-24-20)23-13-17-10-18(14-23)12-22(11-17,16-23)19-6-2-1-3-7-19/h1-9,17-18H,10-16H2,(H,25,26). The summed E-state index contributed by atoms with van der Waals surface area (Å²) >= 11 is 0. The molecule has 4 aliphatic rings. The second-order valence-electron chi connectivity index (χ2n) is 8.89. The Kier molecular flexibility index (Phi) is 3.66. The maximum Gasteiger partial charge on any atom is 0.226 e. The van der Waals surface area contributed by atoms with E-state index in [1.165, 1.54) is 24.8 Å². The molecular formula is C23H26N2O. The predicted octanol–water partition coefficient (Wildman–Crippen LogP) is 4.24. The molecule has 1 heterocycles. The van der Waals surface area contributed by atoms with Crippen LogP contribution < -0.4 is 5.32 Å². The van der Waals surface area contributed by atoms with Gasteiger partial charge in [-0.15, -0.1) is 0 Å². The van der Waals surface area contributed by atoms with E-state index in [0.717, 1.165) is 25.0 Å². The molecule has 0 spiro atoms. The molecule has 0 saturated heterocycles. The van der Waals surface area contributed by atoms with Crippen LogP contribution in [0.1, 0.15) is 49.8 Å². The summed E-state index contributed by atoms with van der Waals surface area (Å²) in [6.07, 6.45) is 8.81. The molecule has 4 bridgehead atoms. The highest BCUT2D eigenvalue weighted by molar-refractivity contribution is 5.83. The number of benzene rings is 1. The lowest BCUT2D eigenvalue weighted by Gasteiger charge is -2.61. The number of carbonyl (C=O) groups excluding carboxylic acids is 1. The Hall–Kier alpha value is -2.16. The molecular weight excluding hydrogens is 320 g/mol. The molecule has 4 fully saturated rings. The van der Waals surface area contributed by atoms with Crippen molar-refractivity contribution in [1.29, 1.82) is 0 Å². The molecule has 6 rings (SSSR count). The SMILES string of the molecule is O=C(NCc1ccccn1)C12CC3CC(C1)CC(c1ccccc1)(C3)C2. The zero-order valence-corrected chi connectivity index (χ0v) is 15.2. The van der Waals surface area contributed by atoms with Gasteiger partial charge in [0.05, 0.1) is 17.7 Å². The third-order valence-corrected chi connectivity index (χ3v) is 7.09. The molecule has 134 valence electrons. The van der Waals surface area contributed by atoms with E-state index in [2.05, 4.69) is 40.6 Å². The van der Waals surface area contributed by atoms with E-state index in [1.807, 2.05) is 18.2 Å². The Morgan fingerprint density at radius 2 is 1.73 bits per heavy atom. The molecule has 3 nitrogen and oxygen atoms in total. The van der Waals surface area contributed by atoms with Gasteiger partial charge in [-0.05, 0) is 73.5 Å². The predicted molar refractivity (Wildman–Crippen MR) is 101 cm³/mol. The quantitative estimate of drug-likeness (QED) is 0.900. The molecule has 3 heteroatoms. The minimum absolute atomic E-state index is 0.172. The lowest BCUT2D eigenvalue weighted by molar-refractivity contribution is -0.149. The van der Waals surface area contributed by atoms with Crippen molar-refractivity contribution in [1.82, 2.24) is 10.3 Å². The molecule has 1 N–H and O–H groups in total. The van der Waals surface area contributed by atoms with E-state index in [-0.39, 0.29) is 16.7 Å². The van der Waals surface area contributed by atoms with E-state index >= 15 is 0 Å². The smallest absolute Gasteiger partial charge is 0.226 e. The van der Waals surface area contributed by atoms with E-state index in [4.69, 9.17) is 0 Å². The van der Waals surface area contributed by atoms with Gasteiger partial charge in [-0.3, -0.25) is 9.78 Å². The fraction of sp³-hybridized carbons (Fsp3) is 0.478. The zero-order chi connectivity index (χ0) is 17.6. The third-order valence-electron chi connectivity index (χ3n) is 7.09. The zero-order valence-electron chi connectivity index (χ0n) is 15.2. The molecule has 26 heavy (non-hydrogen) atoms. The van der Waals surface area contributed by atoms with Crippen LogP contribution in [0.3, 0.4) is 0 Å². The van der Waals surface area contributed by atoms with E-state index in [9.17, 15) is 4.79 Å². The fourth-order valence-electron chi connectivity index (χ4n) is 6.52. The molecule has 2 unspecified atom stereocenters. The first-order valence-corrected chi connectivity index (χ1v) is 9.91. The number of amides is 1. The van der Waals surface area contributed by atoms with Gasteiger partial charge in [0.2, 0.25) is 5.91 Å². The Labute approximate surface area is 155 Å². The van der Waals surface area contributed by atoms with Crippen LogP contribution in [-0.2, 0) is 16.8 Å². The average Bonchev–Trinajstić information content (AvgIpc) is 2.66. The Morgan fingerprint density at radius 1 is 1.00 bits per heavy atom. The van der Waals surface area contributed by atoms with Gasteiger partial charge in [0.15, 0.2) is 0 Å². The summed E-state index contributed by atoms with van der Waals surface area (Å²) in [6.45, 7) is 0.537. The maximum absolute atomic E-state index is 13.3. The summed E-state index contributed by atoms with van der Waals surface area (Å²) in [5.74, 6) is 1.67. The highest BCUT2D eigenvalue weighted by atomic mass is 16.2. The van der Waals surface area contributed by atoms with Gasteiger partial charge in [-0.2, -0.15) is 0 Å². The number of aromatic nitrogens is 1. The monoisotopic (exact) mass is 346 g/mol. The second-order valence-corrected chi connectivity index (χ2v) is 8.89. The first kappa shape index (κ1) is 16.0. The molecule has 4 aliphatic carbocycles. The number of nitrogens with zero attached hydrogens (tertiary/aromatic N) is 1. The first-order chi connectivity index (χ1) is 12.7. The lowest BCUT2D eigenvalue weighted by Crippen LogP contribution is -2.59. The summed E-state index contributed by atoms with van der Waals surface area (Å²) in [5.41, 5.74) is 2.43. The summed E-state index contributed by atoms with van der Waals surface area (Å²) in [5, 5.41) is 3.22. The highest BCUT2D eigenvalue weighted by Gasteiger charge is 2.60. The Balaban J connectivity index is 1.41. The van der Waals surface area contributed by atoms with Crippen molar-refractivity contribution in [2.45, 2.75) is 50.5 Å². The summed E-state index contributed by atoms with van der Waals surface area (Å²) in [6, 6.07) is 16.8. The summed E-state index contributed by atoms with van der Waals surface area (Å²) in [4.78, 5) is 17.6. The van der Waals surface area contributed by atoms with Crippen LogP contribution in [-0.4, -0.2) is 10.9 Å². The van der Waals surface area contributed by atoms with Gasteiger partial charge < -0.3 is 5.32 Å². The maximum atomic E-state index is 13.3. The van der Waals surface area contributed by atoms with Crippen molar-refractivity contribution in [2.24, 2.45) is 17.3 Å². The Bertz CT molecular complexity index is 787. The van der Waals surface area contributed by atoms with Gasteiger partial charge in [-0.1, -0.05) is 36.4 Å². The van der Waals surface area contributed by atoms with Crippen molar-refractivity contribution >= 4 is 5.91 Å². The number of hydrogen-bond donors (Lipinski definition) is 1. The number of nitrogens with one attached hydrogen (secondary N) is 1. The van der Waals surface area contributed by atoms with Gasteiger partial charge in [0.1, 0.15) is 0 Å². The van der Waals surface area contributed by atoms with Crippen LogP contribution in [0.25, 0.3) is 0 Å². The van der Waals surface area contributed by atoms with Crippen molar-refractivity contribution in [3.63, 3.8) is 0 Å². The van der Waals surface area contributed by atoms with Crippen molar-refractivity contribution < 1.29 is 4.79 Å². The van der Waals surface area contributed by atoms with Gasteiger partial charge in [0.25, 0.3) is 0 Å². The summed E-state index contributed by atoms with van der Waals surface area (Å²) < 4.78 is 0. The van der Waals surface area contributed by atoms with E-state index < -0.39 is 0 Å². The van der Waals surface area contributed by atoms with E-state index in [1.54, 1.807) is 6.20 Å². The topological polar surface area (TPSA) is 42.0 Å². The highest BCUT2D eigenvalue weighted by Crippen LogP contribution is 2.65. The molecule has 4 saturated carbocycles. The second kappa shape index (κ2) is 5.94. The number of hydrogen-bond acceptors (Lipinski definition) is 2. The van der Waals surface area contributed by atoms with E-state index in [0.29, 0.717) is 18.4 Å². The van der Waals surface area contributed by atoms with Crippen LogP contribution >= 0.6 is 0 Å². The number of rotatable bonds is 4. The summed E-state index contributed by atoms with van der Waals surface area (Å²) in [7, 11) is 0. The third kappa shape index (κ3) is 2.56. The first-order valence-electron chi connectivity index (χ1n) is 9.91. The Morgan fingerprint density at radius 3 is 2.42 bits per heavy atom. The number of pyridine rings is 1. The molecule has 0 radical (unpaired) electrons. The molecule has 0 aliphatic heterocycles. The van der Waals surface area contributed by atoms with Gasteiger partial charge in [0, 0.05) is 6.20 Å². The van der Waals surface area contributed by atoms with Crippen molar-refractivity contribution in [3.05, 3.63) is 66.0 Å². The normalized spacial score (nSPS) is 34.6. The van der Waals surface area contributed by atoms with Crippen molar-refractivity contribution in [3.8, 4) is 0 Å². The number of carbonyl (C=O) groups is 1. The van der Waals surface area contributed by atoms with Crippen LogP contribution in [0.2, 0.25) is 0 Å². The lowest BCUT2D eigenvalue weighted by atomic mass is 9.42.